The first-order valence-electron chi connectivity index (χ1n) is 8.97. The van der Waals surface area contributed by atoms with Crippen molar-refractivity contribution in [3.8, 4) is 22.9 Å². The highest BCUT2D eigenvalue weighted by atomic mass is 19.3. The number of methoxy groups -OCH3 is 1. The van der Waals surface area contributed by atoms with Crippen LogP contribution >= 0.6 is 0 Å². The number of aromatic hydroxyl groups is 1. The molecule has 0 saturated heterocycles. The van der Waals surface area contributed by atoms with Gasteiger partial charge in [0.1, 0.15) is 5.56 Å². The van der Waals surface area contributed by atoms with Crippen LogP contribution in [0.15, 0.2) is 48.7 Å². The Bertz CT molecular complexity index is 1200. The second kappa shape index (κ2) is 9.59. The van der Waals surface area contributed by atoms with Gasteiger partial charge >= 0.3 is 6.61 Å². The molecule has 0 aliphatic heterocycles. The first kappa shape index (κ1) is 22.9. The van der Waals surface area contributed by atoms with E-state index in [1.807, 2.05) is 10.9 Å². The van der Waals surface area contributed by atoms with E-state index in [1.54, 1.807) is 30.3 Å². The van der Waals surface area contributed by atoms with Crippen molar-refractivity contribution in [2.75, 3.05) is 7.11 Å². The molecule has 12 nitrogen and oxygen atoms in total. The molecule has 0 radical (unpaired) electrons. The lowest BCUT2D eigenvalue weighted by Crippen LogP contribution is -2.42. The number of nitro benzene ring substituents is 1. The number of amides is 2. The second-order valence-electron chi connectivity index (χ2n) is 6.21. The van der Waals surface area contributed by atoms with Gasteiger partial charge in [-0.25, -0.2) is 4.68 Å². The number of halogens is 2. The Morgan fingerprint density at radius 1 is 1.15 bits per heavy atom. The van der Waals surface area contributed by atoms with Gasteiger partial charge in [0.05, 0.1) is 30.0 Å². The van der Waals surface area contributed by atoms with Crippen molar-refractivity contribution in [3.63, 3.8) is 0 Å². The third kappa shape index (κ3) is 5.12. The number of hydrogen-bond acceptors (Lipinski definition) is 8. The molecule has 2 amide bonds. The van der Waals surface area contributed by atoms with Crippen molar-refractivity contribution in [3.05, 3.63) is 70.0 Å². The van der Waals surface area contributed by atoms with E-state index in [9.17, 15) is 33.6 Å². The van der Waals surface area contributed by atoms with Crippen molar-refractivity contribution in [1.29, 1.82) is 0 Å². The summed E-state index contributed by atoms with van der Waals surface area (Å²) >= 11 is 0. The van der Waals surface area contributed by atoms with Gasteiger partial charge in [-0.05, 0) is 12.1 Å². The number of nitro groups is 1. The smallest absolute Gasteiger partial charge is 0.387 e. The Morgan fingerprint density at radius 3 is 2.42 bits per heavy atom. The van der Waals surface area contributed by atoms with E-state index >= 15 is 0 Å². The largest absolute Gasteiger partial charge is 0.504 e. The van der Waals surface area contributed by atoms with Gasteiger partial charge in [0.15, 0.2) is 22.9 Å². The zero-order valence-corrected chi connectivity index (χ0v) is 16.7. The van der Waals surface area contributed by atoms with Gasteiger partial charge in [0.2, 0.25) is 0 Å². The summed E-state index contributed by atoms with van der Waals surface area (Å²) in [6.45, 7) is -3.29. The number of nitrogens with one attached hydrogen (secondary N) is 2. The zero-order valence-electron chi connectivity index (χ0n) is 16.7. The molecule has 3 N–H and O–H groups in total. The van der Waals surface area contributed by atoms with Gasteiger partial charge in [-0.2, -0.15) is 13.9 Å². The molecule has 0 aliphatic carbocycles. The van der Waals surface area contributed by atoms with Crippen LogP contribution in [0.3, 0.4) is 0 Å². The molecule has 2 aromatic carbocycles. The van der Waals surface area contributed by atoms with Gasteiger partial charge in [-0.1, -0.05) is 18.2 Å². The predicted molar refractivity (Wildman–Crippen MR) is 106 cm³/mol. The minimum Gasteiger partial charge on any atom is -0.504 e. The van der Waals surface area contributed by atoms with E-state index in [1.165, 1.54) is 10.9 Å². The fraction of sp³-hybridized carbons (Fsp3) is 0.105. The maximum atomic E-state index is 12.5. The maximum absolute atomic E-state index is 12.5. The average Bonchev–Trinajstić information content (AvgIpc) is 3.18. The Balaban J connectivity index is 1.80. The predicted octanol–water partition coefficient (Wildman–Crippen LogP) is 2.17. The highest BCUT2D eigenvalue weighted by molar-refractivity contribution is 6.02. The van der Waals surface area contributed by atoms with Crippen molar-refractivity contribution in [1.82, 2.24) is 20.6 Å². The van der Waals surface area contributed by atoms with Crippen LogP contribution < -0.4 is 20.3 Å². The summed E-state index contributed by atoms with van der Waals surface area (Å²) in [7, 11) is 1.08. The number of hydrazine groups is 1. The average molecular weight is 463 g/mol. The van der Waals surface area contributed by atoms with E-state index in [-0.39, 0.29) is 5.75 Å². The van der Waals surface area contributed by atoms with Gasteiger partial charge in [0, 0.05) is 6.07 Å². The zero-order chi connectivity index (χ0) is 24.1. The van der Waals surface area contributed by atoms with Crippen LogP contribution in [0.4, 0.5) is 14.5 Å². The van der Waals surface area contributed by atoms with Crippen LogP contribution in [0.2, 0.25) is 0 Å². The van der Waals surface area contributed by atoms with E-state index in [4.69, 9.17) is 4.74 Å². The molecule has 3 rings (SSSR count). The van der Waals surface area contributed by atoms with Crippen LogP contribution in [0.25, 0.3) is 5.69 Å². The Labute approximate surface area is 183 Å². The molecular weight excluding hydrogens is 448 g/mol. The number of carbonyl (C=O) groups is 2. The van der Waals surface area contributed by atoms with Crippen molar-refractivity contribution in [2.24, 2.45) is 0 Å². The lowest BCUT2D eigenvalue weighted by molar-refractivity contribution is -0.385. The molecule has 1 heterocycles. The van der Waals surface area contributed by atoms with Crippen LogP contribution in [-0.2, 0) is 0 Å². The molecule has 0 atom stereocenters. The number of benzene rings is 2. The van der Waals surface area contributed by atoms with E-state index in [2.05, 4.69) is 9.84 Å². The standard InChI is InChI=1S/C19H15F2N5O7/c1-32-14-7-11(12(26(30)31)8-15(14)33-19(20)21)17(28)22-23-18(29)16-13(27)9-25(24-16)10-5-3-2-4-6-10/h2-9,19,27H,1H3,(H,22,28)(H,23,29). The van der Waals surface area contributed by atoms with Crippen molar-refractivity contribution in [2.45, 2.75) is 6.61 Å². The number of ether oxygens (including phenoxy) is 2. The Kier molecular flexibility index (Phi) is 6.66. The molecule has 0 spiro atoms. The quantitative estimate of drug-likeness (QED) is 0.355. The summed E-state index contributed by atoms with van der Waals surface area (Å²) in [5, 5.41) is 25.2. The molecule has 14 heteroatoms. The third-order valence-corrected chi connectivity index (χ3v) is 4.16. The number of rotatable bonds is 7. The summed E-state index contributed by atoms with van der Waals surface area (Å²) in [5.74, 6) is -3.72. The van der Waals surface area contributed by atoms with Crippen molar-refractivity contribution >= 4 is 17.5 Å². The van der Waals surface area contributed by atoms with E-state index in [0.29, 0.717) is 11.8 Å². The summed E-state index contributed by atoms with van der Waals surface area (Å²) in [6.07, 6.45) is 1.17. The van der Waals surface area contributed by atoms with Gasteiger partial charge < -0.3 is 14.6 Å². The van der Waals surface area contributed by atoms with E-state index in [0.717, 1.165) is 13.2 Å². The van der Waals surface area contributed by atoms with Crippen LogP contribution in [-0.4, -0.2) is 45.3 Å². The van der Waals surface area contributed by atoms with E-state index < -0.39 is 51.8 Å². The first-order chi connectivity index (χ1) is 15.7. The molecule has 0 fully saturated rings. The molecule has 172 valence electrons. The summed E-state index contributed by atoms with van der Waals surface area (Å²) in [5.41, 5.74) is 2.51. The van der Waals surface area contributed by atoms with Crippen molar-refractivity contribution < 1.29 is 37.9 Å². The fourth-order valence-corrected chi connectivity index (χ4v) is 2.71. The molecule has 0 unspecified atom stereocenters. The van der Waals surface area contributed by atoms with Crippen LogP contribution in [0, 0.1) is 10.1 Å². The minimum atomic E-state index is -3.29. The van der Waals surface area contributed by atoms with Crippen LogP contribution in [0.5, 0.6) is 17.2 Å². The van der Waals surface area contributed by atoms with Gasteiger partial charge in [-0.15, -0.1) is 0 Å². The number of nitrogens with zero attached hydrogens (tertiary/aromatic N) is 3. The molecule has 0 aliphatic rings. The molecular formula is C19H15F2N5O7. The summed E-state index contributed by atoms with van der Waals surface area (Å²) in [4.78, 5) is 35.1. The monoisotopic (exact) mass is 463 g/mol. The minimum absolute atomic E-state index is 0.378. The first-order valence-corrected chi connectivity index (χ1v) is 8.97. The lowest BCUT2D eigenvalue weighted by atomic mass is 10.1. The molecule has 0 bridgehead atoms. The number of aromatic nitrogens is 2. The topological polar surface area (TPSA) is 158 Å². The highest BCUT2D eigenvalue weighted by Gasteiger charge is 2.27. The third-order valence-electron chi connectivity index (χ3n) is 4.16. The SMILES string of the molecule is COc1cc(C(=O)NNC(=O)c2nn(-c3ccccc3)cc2O)c([N+](=O)[O-])cc1OC(F)F. The van der Waals surface area contributed by atoms with Crippen LogP contribution in [0.1, 0.15) is 20.8 Å². The molecule has 33 heavy (non-hydrogen) atoms. The fourth-order valence-electron chi connectivity index (χ4n) is 2.71. The molecule has 1 aromatic heterocycles. The normalized spacial score (nSPS) is 10.5. The number of alkyl halides is 2. The molecule has 0 saturated carbocycles. The lowest BCUT2D eigenvalue weighted by Gasteiger charge is -2.12. The second-order valence-corrected chi connectivity index (χ2v) is 6.21. The summed E-state index contributed by atoms with van der Waals surface area (Å²) < 4.78 is 35.3. The maximum Gasteiger partial charge on any atom is 0.387 e. The van der Waals surface area contributed by atoms with Gasteiger partial charge in [-0.3, -0.25) is 30.6 Å². The van der Waals surface area contributed by atoms with Gasteiger partial charge in [0.25, 0.3) is 17.5 Å². The highest BCUT2D eigenvalue weighted by Crippen LogP contribution is 2.35. The molecule has 3 aromatic rings. The number of carbonyl (C=O) groups excluding carboxylic acids is 2. The Morgan fingerprint density at radius 2 is 1.82 bits per heavy atom. The summed E-state index contributed by atoms with van der Waals surface area (Å²) in [6, 6.07) is 9.93. The number of para-hydroxylation sites is 1. The number of hydrogen-bond donors (Lipinski definition) is 3. The Hall–Kier alpha value is -4.75.